The molecule has 0 spiro atoms. The van der Waals surface area contributed by atoms with Crippen LogP contribution in [-0.4, -0.2) is 83.8 Å². The van der Waals surface area contributed by atoms with Gasteiger partial charge in [-0.15, -0.1) is 0 Å². The molecule has 5 rings (SSSR count). The SMILES string of the molecule is CCOc1ncc(-c2ncc(OC)c3c2NCC3C(=O)C(=O)N2CCN(C(=O)c3ccccc3)CC2)s1. The second-order valence-electron chi connectivity index (χ2n) is 8.64. The zero-order valence-corrected chi connectivity index (χ0v) is 21.4. The fourth-order valence-electron chi connectivity index (χ4n) is 4.65. The summed E-state index contributed by atoms with van der Waals surface area (Å²) in [4.78, 5) is 52.2. The van der Waals surface area contributed by atoms with E-state index in [0.717, 1.165) is 4.88 Å². The lowest BCUT2D eigenvalue weighted by molar-refractivity contribution is -0.146. The van der Waals surface area contributed by atoms with Crippen LogP contribution in [0.2, 0.25) is 0 Å². The van der Waals surface area contributed by atoms with Crippen molar-refractivity contribution in [2.24, 2.45) is 0 Å². The Kier molecular flexibility index (Phi) is 7.04. The molecular formula is C26H27N5O5S. The number of ketones is 1. The van der Waals surface area contributed by atoms with Gasteiger partial charge in [0.2, 0.25) is 5.78 Å². The van der Waals surface area contributed by atoms with E-state index in [4.69, 9.17) is 9.47 Å². The molecule has 2 aromatic heterocycles. The van der Waals surface area contributed by atoms with Crippen LogP contribution < -0.4 is 14.8 Å². The number of Topliss-reactive ketones (excluding diaryl/α,β-unsaturated/α-hetero) is 1. The van der Waals surface area contributed by atoms with Gasteiger partial charge in [0, 0.05) is 43.9 Å². The number of anilines is 1. The molecule has 1 N–H and O–H groups in total. The summed E-state index contributed by atoms with van der Waals surface area (Å²) in [5, 5.41) is 3.80. The summed E-state index contributed by atoms with van der Waals surface area (Å²) >= 11 is 1.36. The minimum atomic E-state index is -0.706. The van der Waals surface area contributed by atoms with Crippen molar-refractivity contribution in [1.29, 1.82) is 0 Å². The Bertz CT molecular complexity index is 1320. The summed E-state index contributed by atoms with van der Waals surface area (Å²) in [6, 6.07) is 9.05. The molecule has 0 saturated carbocycles. The molecule has 0 bridgehead atoms. The highest BCUT2D eigenvalue weighted by molar-refractivity contribution is 7.16. The van der Waals surface area contributed by atoms with E-state index in [1.807, 2.05) is 25.1 Å². The lowest BCUT2D eigenvalue weighted by atomic mass is 9.94. The van der Waals surface area contributed by atoms with E-state index in [-0.39, 0.29) is 12.5 Å². The fourth-order valence-corrected chi connectivity index (χ4v) is 5.48. The molecule has 1 atom stereocenters. The van der Waals surface area contributed by atoms with Crippen LogP contribution in [0, 0.1) is 0 Å². The zero-order chi connectivity index (χ0) is 25.9. The van der Waals surface area contributed by atoms with Crippen LogP contribution in [0.1, 0.15) is 28.8 Å². The molecule has 0 aliphatic carbocycles. The number of piperazine rings is 1. The van der Waals surface area contributed by atoms with Gasteiger partial charge in [0.1, 0.15) is 11.4 Å². The van der Waals surface area contributed by atoms with E-state index in [0.29, 0.717) is 66.2 Å². The van der Waals surface area contributed by atoms with Gasteiger partial charge in [0.05, 0.1) is 42.6 Å². The van der Waals surface area contributed by atoms with Crippen molar-refractivity contribution in [3.05, 3.63) is 53.9 Å². The molecule has 2 aliphatic rings. The monoisotopic (exact) mass is 521 g/mol. The summed E-state index contributed by atoms with van der Waals surface area (Å²) in [5.41, 5.74) is 2.53. The number of hydrogen-bond acceptors (Lipinski definition) is 9. The zero-order valence-electron chi connectivity index (χ0n) is 20.6. The molecule has 1 aromatic carbocycles. The first-order valence-electron chi connectivity index (χ1n) is 12.1. The molecule has 192 valence electrons. The molecule has 1 saturated heterocycles. The lowest BCUT2D eigenvalue weighted by Crippen LogP contribution is -2.52. The summed E-state index contributed by atoms with van der Waals surface area (Å²) < 4.78 is 11.0. The molecule has 1 fully saturated rings. The fraction of sp³-hybridized carbons (Fsp3) is 0.346. The van der Waals surface area contributed by atoms with Gasteiger partial charge in [-0.05, 0) is 19.1 Å². The van der Waals surface area contributed by atoms with Crippen molar-refractivity contribution in [3.63, 3.8) is 0 Å². The number of ether oxygens (including phenoxy) is 2. The van der Waals surface area contributed by atoms with Gasteiger partial charge in [-0.1, -0.05) is 29.5 Å². The Labute approximate surface area is 218 Å². The van der Waals surface area contributed by atoms with Gasteiger partial charge in [0.15, 0.2) is 0 Å². The van der Waals surface area contributed by atoms with Crippen LogP contribution in [0.25, 0.3) is 10.6 Å². The third-order valence-electron chi connectivity index (χ3n) is 6.52. The maximum atomic E-state index is 13.4. The van der Waals surface area contributed by atoms with E-state index in [1.165, 1.54) is 23.3 Å². The number of carbonyl (C=O) groups is 3. The van der Waals surface area contributed by atoms with Crippen molar-refractivity contribution >= 4 is 34.6 Å². The Morgan fingerprint density at radius 1 is 1.05 bits per heavy atom. The number of pyridine rings is 1. The van der Waals surface area contributed by atoms with Crippen LogP contribution in [-0.2, 0) is 9.59 Å². The molecular weight excluding hydrogens is 494 g/mol. The van der Waals surface area contributed by atoms with Gasteiger partial charge in [-0.2, -0.15) is 0 Å². The first-order chi connectivity index (χ1) is 18.0. The average Bonchev–Trinajstić information content (AvgIpc) is 3.60. The Balaban J connectivity index is 1.31. The largest absolute Gasteiger partial charge is 0.495 e. The maximum absolute atomic E-state index is 13.4. The number of rotatable bonds is 7. The minimum absolute atomic E-state index is 0.0757. The first-order valence-corrected chi connectivity index (χ1v) is 12.9. The Morgan fingerprint density at radius 3 is 2.49 bits per heavy atom. The number of amides is 2. The molecule has 3 aromatic rings. The van der Waals surface area contributed by atoms with E-state index >= 15 is 0 Å². The second kappa shape index (κ2) is 10.6. The molecule has 1 unspecified atom stereocenters. The number of benzene rings is 1. The van der Waals surface area contributed by atoms with Crippen LogP contribution in [0.4, 0.5) is 5.69 Å². The van der Waals surface area contributed by atoms with Crippen molar-refractivity contribution in [3.8, 4) is 21.5 Å². The summed E-state index contributed by atoms with van der Waals surface area (Å²) in [6.07, 6.45) is 3.25. The molecule has 10 nitrogen and oxygen atoms in total. The maximum Gasteiger partial charge on any atom is 0.290 e. The number of thiazole rings is 1. The average molecular weight is 522 g/mol. The molecule has 0 radical (unpaired) electrons. The molecule has 2 amide bonds. The molecule has 11 heteroatoms. The van der Waals surface area contributed by atoms with E-state index in [2.05, 4.69) is 15.3 Å². The first kappa shape index (κ1) is 24.7. The van der Waals surface area contributed by atoms with Crippen molar-refractivity contribution in [2.45, 2.75) is 12.8 Å². The minimum Gasteiger partial charge on any atom is -0.495 e. The number of fused-ring (bicyclic) bond motifs is 1. The second-order valence-corrected chi connectivity index (χ2v) is 9.63. The number of carbonyl (C=O) groups excluding carboxylic acids is 3. The van der Waals surface area contributed by atoms with E-state index < -0.39 is 17.6 Å². The van der Waals surface area contributed by atoms with E-state index in [1.54, 1.807) is 29.4 Å². The van der Waals surface area contributed by atoms with Gasteiger partial charge < -0.3 is 24.6 Å². The van der Waals surface area contributed by atoms with Crippen LogP contribution >= 0.6 is 11.3 Å². The summed E-state index contributed by atoms with van der Waals surface area (Å²) in [6.45, 7) is 4.01. The molecule has 4 heterocycles. The Morgan fingerprint density at radius 2 is 1.78 bits per heavy atom. The van der Waals surface area contributed by atoms with Gasteiger partial charge in [-0.25, -0.2) is 9.97 Å². The number of aromatic nitrogens is 2. The Hall–Kier alpha value is -3.99. The highest BCUT2D eigenvalue weighted by Crippen LogP contribution is 2.45. The van der Waals surface area contributed by atoms with Crippen LogP contribution in [0.3, 0.4) is 0 Å². The van der Waals surface area contributed by atoms with Gasteiger partial charge >= 0.3 is 0 Å². The molecule has 37 heavy (non-hydrogen) atoms. The van der Waals surface area contributed by atoms with E-state index in [9.17, 15) is 14.4 Å². The highest BCUT2D eigenvalue weighted by atomic mass is 32.1. The predicted octanol–water partition coefficient (Wildman–Crippen LogP) is 2.68. The third-order valence-corrected chi connectivity index (χ3v) is 7.44. The third kappa shape index (κ3) is 4.74. The number of nitrogens with one attached hydrogen (secondary N) is 1. The predicted molar refractivity (Wildman–Crippen MR) is 138 cm³/mol. The van der Waals surface area contributed by atoms with Crippen LogP contribution in [0.5, 0.6) is 10.9 Å². The van der Waals surface area contributed by atoms with Crippen molar-refractivity contribution < 1.29 is 23.9 Å². The van der Waals surface area contributed by atoms with Crippen molar-refractivity contribution in [2.75, 3.05) is 51.8 Å². The van der Waals surface area contributed by atoms with Gasteiger partial charge in [0.25, 0.3) is 17.0 Å². The van der Waals surface area contributed by atoms with Crippen LogP contribution in [0.15, 0.2) is 42.7 Å². The van der Waals surface area contributed by atoms with Crippen molar-refractivity contribution in [1.82, 2.24) is 19.8 Å². The van der Waals surface area contributed by atoms with Gasteiger partial charge in [-0.3, -0.25) is 14.4 Å². The number of methoxy groups -OCH3 is 1. The number of hydrogen-bond donors (Lipinski definition) is 1. The summed E-state index contributed by atoms with van der Waals surface area (Å²) in [5.74, 6) is -1.40. The lowest BCUT2D eigenvalue weighted by Gasteiger charge is -2.34. The molecule has 2 aliphatic heterocycles. The standard InChI is InChI=1S/C26H27N5O5S/c1-3-36-26-29-15-19(37-26)21-22-20(18(35-2)14-28-21)17(13-27-22)23(32)25(34)31-11-9-30(10-12-31)24(33)16-7-5-4-6-8-16/h4-8,14-15,17,27H,3,9-13H2,1-2H3. The quantitative estimate of drug-likeness (QED) is 0.472. The normalized spacial score (nSPS) is 16.6. The highest BCUT2D eigenvalue weighted by Gasteiger charge is 2.40. The number of nitrogens with zero attached hydrogens (tertiary/aromatic N) is 4. The smallest absolute Gasteiger partial charge is 0.290 e. The topological polar surface area (TPSA) is 114 Å². The summed E-state index contributed by atoms with van der Waals surface area (Å²) in [7, 11) is 1.52.